The first kappa shape index (κ1) is 12.6. The molecule has 92 valence electrons. The third-order valence-electron chi connectivity index (χ3n) is 2.42. The van der Waals surface area contributed by atoms with E-state index in [1.807, 2.05) is 18.2 Å². The minimum atomic E-state index is -0.399. The fourth-order valence-electron chi connectivity index (χ4n) is 1.55. The smallest absolute Gasteiger partial charge is 0.283 e. The first-order valence-corrected chi connectivity index (χ1v) is 6.14. The molecule has 18 heavy (non-hydrogen) atoms. The Balaban J connectivity index is 2.37. The molecule has 4 nitrogen and oxygen atoms in total. The molecular weight excluding hydrogens is 250 g/mol. The second kappa shape index (κ2) is 5.66. The molecule has 2 aromatic carbocycles. The molecule has 0 saturated heterocycles. The first-order chi connectivity index (χ1) is 8.72. The fourth-order valence-corrected chi connectivity index (χ4v) is 2.59. The molecule has 0 atom stereocenters. The normalized spacial score (nSPS) is 10.3. The summed E-state index contributed by atoms with van der Waals surface area (Å²) in [7, 11) is 0. The number of nitro groups is 1. The summed E-state index contributed by atoms with van der Waals surface area (Å²) in [4.78, 5) is 11.9. The zero-order valence-corrected chi connectivity index (χ0v) is 10.3. The van der Waals surface area contributed by atoms with Gasteiger partial charge in [0, 0.05) is 11.0 Å². The highest BCUT2D eigenvalue weighted by molar-refractivity contribution is 7.99. The fraction of sp³-hybridized carbons (Fsp3) is 0.0769. The van der Waals surface area contributed by atoms with Gasteiger partial charge in [-0.1, -0.05) is 42.1 Å². The van der Waals surface area contributed by atoms with Crippen molar-refractivity contribution in [3.05, 3.63) is 64.2 Å². The average molecular weight is 261 g/mol. The van der Waals surface area contributed by atoms with E-state index in [1.54, 1.807) is 24.3 Å². The molecule has 0 fully saturated rings. The van der Waals surface area contributed by atoms with Gasteiger partial charge >= 0.3 is 0 Å². The Kier molecular flexibility index (Phi) is 3.96. The van der Waals surface area contributed by atoms with Gasteiger partial charge in [-0.25, -0.2) is 0 Å². The van der Waals surface area contributed by atoms with Gasteiger partial charge in [0.2, 0.25) is 0 Å². The van der Waals surface area contributed by atoms with Gasteiger partial charge in [-0.3, -0.25) is 10.1 Å². The average Bonchev–Trinajstić information content (AvgIpc) is 2.40. The van der Waals surface area contributed by atoms with Crippen LogP contribution >= 0.6 is 11.8 Å². The number of hydrogen-bond donors (Lipinski definition) is 1. The van der Waals surface area contributed by atoms with Gasteiger partial charge in [0.25, 0.3) is 5.69 Å². The third-order valence-corrected chi connectivity index (χ3v) is 3.61. The number of benzene rings is 2. The van der Waals surface area contributed by atoms with Gasteiger partial charge in [-0.2, -0.15) is 0 Å². The van der Waals surface area contributed by atoms with Gasteiger partial charge in [0.05, 0.1) is 16.4 Å². The maximum Gasteiger partial charge on any atom is 0.283 e. The molecule has 0 heterocycles. The molecule has 0 amide bonds. The summed E-state index contributed by atoms with van der Waals surface area (Å²) in [6.07, 6.45) is 0. The van der Waals surface area contributed by atoms with E-state index in [0.29, 0.717) is 4.90 Å². The van der Waals surface area contributed by atoms with E-state index in [4.69, 9.17) is 0 Å². The lowest BCUT2D eigenvalue weighted by Crippen LogP contribution is -1.91. The van der Waals surface area contributed by atoms with Crippen LogP contribution in [0.2, 0.25) is 0 Å². The molecule has 5 heteroatoms. The van der Waals surface area contributed by atoms with Crippen LogP contribution in [0.1, 0.15) is 5.56 Å². The molecule has 0 aliphatic rings. The van der Waals surface area contributed by atoms with E-state index in [-0.39, 0.29) is 12.3 Å². The molecular formula is C13H11NO3S. The second-order valence-corrected chi connectivity index (χ2v) is 4.68. The van der Waals surface area contributed by atoms with Gasteiger partial charge in [0.15, 0.2) is 0 Å². The predicted octanol–water partition coefficient (Wildman–Crippen LogP) is 3.24. The van der Waals surface area contributed by atoms with E-state index in [2.05, 4.69) is 0 Å². The van der Waals surface area contributed by atoms with E-state index in [1.165, 1.54) is 17.8 Å². The Morgan fingerprint density at radius 1 is 1.06 bits per heavy atom. The summed E-state index contributed by atoms with van der Waals surface area (Å²) in [6.45, 7) is -0.0796. The molecule has 2 aromatic rings. The number of hydrogen-bond acceptors (Lipinski definition) is 4. The highest BCUT2D eigenvalue weighted by Crippen LogP contribution is 2.36. The molecule has 2 rings (SSSR count). The third kappa shape index (κ3) is 2.69. The van der Waals surface area contributed by atoms with Crippen LogP contribution in [0.5, 0.6) is 0 Å². The van der Waals surface area contributed by atoms with Crippen molar-refractivity contribution < 1.29 is 10.0 Å². The number of rotatable bonds is 4. The summed E-state index contributed by atoms with van der Waals surface area (Å²) in [6, 6.07) is 13.9. The maximum absolute atomic E-state index is 10.9. The van der Waals surface area contributed by atoms with Crippen molar-refractivity contribution in [1.29, 1.82) is 0 Å². The van der Waals surface area contributed by atoms with E-state index in [9.17, 15) is 15.2 Å². The zero-order chi connectivity index (χ0) is 13.0. The highest BCUT2D eigenvalue weighted by atomic mass is 32.2. The lowest BCUT2D eigenvalue weighted by molar-refractivity contribution is -0.387. The van der Waals surface area contributed by atoms with Crippen LogP contribution in [-0.4, -0.2) is 10.0 Å². The van der Waals surface area contributed by atoms with Crippen LogP contribution in [0.3, 0.4) is 0 Å². The molecule has 0 bridgehead atoms. The van der Waals surface area contributed by atoms with Gasteiger partial charge in [-0.15, -0.1) is 0 Å². The minimum Gasteiger partial charge on any atom is -0.392 e. The summed E-state index contributed by atoms with van der Waals surface area (Å²) in [5, 5.41) is 20.1. The molecule has 0 spiro atoms. The quantitative estimate of drug-likeness (QED) is 0.678. The highest BCUT2D eigenvalue weighted by Gasteiger charge is 2.14. The molecule has 0 aliphatic heterocycles. The molecule has 0 unspecified atom stereocenters. The van der Waals surface area contributed by atoms with Crippen molar-refractivity contribution >= 4 is 17.4 Å². The molecule has 0 aliphatic carbocycles. The standard InChI is InChI=1S/C13H11NO3S/c15-9-10-5-1-3-7-12(10)18-13-8-4-2-6-11(13)14(16)17/h1-8,15H,9H2. The number of aliphatic hydroxyl groups is 1. The Hall–Kier alpha value is -1.85. The lowest BCUT2D eigenvalue weighted by Gasteiger charge is -2.06. The summed E-state index contributed by atoms with van der Waals surface area (Å²) >= 11 is 1.29. The maximum atomic E-state index is 10.9. The lowest BCUT2D eigenvalue weighted by atomic mass is 10.2. The van der Waals surface area contributed by atoms with Gasteiger partial charge in [-0.05, 0) is 17.7 Å². The topological polar surface area (TPSA) is 63.4 Å². The van der Waals surface area contributed by atoms with Gasteiger partial charge < -0.3 is 5.11 Å². The van der Waals surface area contributed by atoms with Crippen molar-refractivity contribution in [2.75, 3.05) is 0 Å². The van der Waals surface area contributed by atoms with E-state index < -0.39 is 4.92 Å². The van der Waals surface area contributed by atoms with Crippen LogP contribution < -0.4 is 0 Å². The molecule has 1 N–H and O–H groups in total. The molecule has 0 radical (unpaired) electrons. The monoisotopic (exact) mass is 261 g/mol. The van der Waals surface area contributed by atoms with Crippen LogP contribution in [-0.2, 0) is 6.61 Å². The summed E-state index contributed by atoms with van der Waals surface area (Å²) < 4.78 is 0. The zero-order valence-electron chi connectivity index (χ0n) is 9.45. The summed E-state index contributed by atoms with van der Waals surface area (Å²) in [5.41, 5.74) is 0.843. The van der Waals surface area contributed by atoms with Crippen LogP contribution in [0, 0.1) is 10.1 Å². The molecule has 0 aromatic heterocycles. The number of nitro benzene ring substituents is 1. The van der Waals surface area contributed by atoms with E-state index >= 15 is 0 Å². The van der Waals surface area contributed by atoms with Crippen molar-refractivity contribution in [2.24, 2.45) is 0 Å². The first-order valence-electron chi connectivity index (χ1n) is 5.32. The Morgan fingerprint density at radius 2 is 1.67 bits per heavy atom. The van der Waals surface area contributed by atoms with Gasteiger partial charge in [0.1, 0.15) is 0 Å². The molecule has 0 saturated carbocycles. The second-order valence-electron chi connectivity index (χ2n) is 3.59. The van der Waals surface area contributed by atoms with Crippen molar-refractivity contribution in [3.63, 3.8) is 0 Å². The number of para-hydroxylation sites is 1. The van der Waals surface area contributed by atoms with E-state index in [0.717, 1.165) is 10.5 Å². The van der Waals surface area contributed by atoms with Crippen LogP contribution in [0.25, 0.3) is 0 Å². The van der Waals surface area contributed by atoms with Crippen molar-refractivity contribution in [1.82, 2.24) is 0 Å². The van der Waals surface area contributed by atoms with Crippen molar-refractivity contribution in [2.45, 2.75) is 16.4 Å². The SMILES string of the molecule is O=[N+]([O-])c1ccccc1Sc1ccccc1CO. The minimum absolute atomic E-state index is 0.0789. The predicted molar refractivity (Wildman–Crippen MR) is 69.6 cm³/mol. The van der Waals surface area contributed by atoms with Crippen LogP contribution in [0.15, 0.2) is 58.3 Å². The number of aliphatic hydroxyl groups excluding tert-OH is 1. The Morgan fingerprint density at radius 3 is 2.33 bits per heavy atom. The van der Waals surface area contributed by atoms with Crippen LogP contribution in [0.4, 0.5) is 5.69 Å². The van der Waals surface area contributed by atoms with Crippen molar-refractivity contribution in [3.8, 4) is 0 Å². The summed E-state index contributed by atoms with van der Waals surface area (Å²) in [5.74, 6) is 0. The Bertz CT molecular complexity index is 572. The largest absolute Gasteiger partial charge is 0.392 e. The Labute approximate surface area is 108 Å². The number of nitrogens with zero attached hydrogens (tertiary/aromatic N) is 1.